The largest absolute Gasteiger partial charge is 0.492 e. The molecular formula is C16H20N2O3. The SMILES string of the molecule is Cc1ccc(OCCN2C(=O)NC3(CCCC3)C2=O)cc1. The van der Waals surface area contributed by atoms with Gasteiger partial charge in [-0.15, -0.1) is 0 Å². The van der Waals surface area contributed by atoms with Gasteiger partial charge in [-0.05, 0) is 31.9 Å². The van der Waals surface area contributed by atoms with Crippen molar-refractivity contribution in [3.05, 3.63) is 29.8 Å². The summed E-state index contributed by atoms with van der Waals surface area (Å²) in [6.07, 6.45) is 3.51. The highest BCUT2D eigenvalue weighted by Gasteiger charge is 2.52. The van der Waals surface area contributed by atoms with E-state index in [9.17, 15) is 9.59 Å². The van der Waals surface area contributed by atoms with E-state index >= 15 is 0 Å². The summed E-state index contributed by atoms with van der Waals surface area (Å²) in [6.45, 7) is 2.62. The molecule has 0 bridgehead atoms. The standard InChI is InChI=1S/C16H20N2O3/c1-12-4-6-13(7-5-12)21-11-10-18-14(19)16(17-15(18)20)8-2-3-9-16/h4-7H,2-3,8-11H2,1H3,(H,17,20). The summed E-state index contributed by atoms with van der Waals surface area (Å²) in [5, 5.41) is 2.87. The average molecular weight is 288 g/mol. The fraction of sp³-hybridized carbons (Fsp3) is 0.500. The molecule has 0 aromatic heterocycles. The van der Waals surface area contributed by atoms with Crippen LogP contribution in [0.2, 0.25) is 0 Å². The highest BCUT2D eigenvalue weighted by molar-refractivity contribution is 6.07. The summed E-state index contributed by atoms with van der Waals surface area (Å²) >= 11 is 0. The van der Waals surface area contributed by atoms with E-state index in [0.717, 1.165) is 31.4 Å². The third kappa shape index (κ3) is 2.60. The average Bonchev–Trinajstić information content (AvgIpc) is 3.02. The van der Waals surface area contributed by atoms with Gasteiger partial charge in [0.15, 0.2) is 0 Å². The van der Waals surface area contributed by atoms with Gasteiger partial charge in [0.25, 0.3) is 5.91 Å². The number of imide groups is 1. The first kappa shape index (κ1) is 13.9. The van der Waals surface area contributed by atoms with E-state index in [0.29, 0.717) is 13.2 Å². The minimum absolute atomic E-state index is 0.0856. The normalized spacial score (nSPS) is 20.1. The Kier molecular flexibility index (Phi) is 3.57. The van der Waals surface area contributed by atoms with Crippen LogP contribution in [0.15, 0.2) is 24.3 Å². The summed E-state index contributed by atoms with van der Waals surface area (Å²) in [6, 6.07) is 7.43. The van der Waals surface area contributed by atoms with Crippen LogP contribution < -0.4 is 10.1 Å². The van der Waals surface area contributed by atoms with E-state index in [1.807, 2.05) is 31.2 Å². The molecule has 1 spiro atoms. The molecular weight excluding hydrogens is 268 g/mol. The van der Waals surface area contributed by atoms with Crippen LogP contribution in [0.3, 0.4) is 0 Å². The Hall–Kier alpha value is -2.04. The molecule has 2 aliphatic rings. The van der Waals surface area contributed by atoms with E-state index < -0.39 is 5.54 Å². The molecule has 1 saturated heterocycles. The zero-order valence-electron chi connectivity index (χ0n) is 12.2. The first-order valence-corrected chi connectivity index (χ1v) is 7.44. The molecule has 0 radical (unpaired) electrons. The minimum Gasteiger partial charge on any atom is -0.492 e. The molecule has 3 rings (SSSR count). The van der Waals surface area contributed by atoms with Crippen molar-refractivity contribution in [3.8, 4) is 5.75 Å². The third-order valence-corrected chi connectivity index (χ3v) is 4.31. The van der Waals surface area contributed by atoms with Crippen LogP contribution in [0.1, 0.15) is 31.2 Å². The summed E-state index contributed by atoms with van der Waals surface area (Å²) in [5.41, 5.74) is 0.542. The number of benzene rings is 1. The maximum atomic E-state index is 12.4. The van der Waals surface area contributed by atoms with Gasteiger partial charge in [0.05, 0.1) is 6.54 Å². The summed E-state index contributed by atoms with van der Waals surface area (Å²) in [4.78, 5) is 25.7. The van der Waals surface area contributed by atoms with Gasteiger partial charge < -0.3 is 10.1 Å². The number of nitrogens with one attached hydrogen (secondary N) is 1. The van der Waals surface area contributed by atoms with Crippen LogP contribution in [0.4, 0.5) is 4.79 Å². The molecule has 1 aromatic carbocycles. The van der Waals surface area contributed by atoms with Gasteiger partial charge >= 0.3 is 6.03 Å². The lowest BCUT2D eigenvalue weighted by molar-refractivity contribution is -0.131. The minimum atomic E-state index is -0.624. The number of amides is 3. The second-order valence-electron chi connectivity index (χ2n) is 5.84. The molecule has 0 atom stereocenters. The number of aryl methyl sites for hydroxylation is 1. The predicted octanol–water partition coefficient (Wildman–Crippen LogP) is 2.24. The molecule has 1 N–H and O–H groups in total. The molecule has 1 heterocycles. The molecule has 1 aliphatic heterocycles. The van der Waals surface area contributed by atoms with Crippen molar-refractivity contribution in [3.63, 3.8) is 0 Å². The number of carbonyl (C=O) groups excluding carboxylic acids is 2. The van der Waals surface area contributed by atoms with Gasteiger partial charge in [0.2, 0.25) is 0 Å². The van der Waals surface area contributed by atoms with Crippen LogP contribution in [0, 0.1) is 6.92 Å². The van der Waals surface area contributed by atoms with Crippen LogP contribution in [0.5, 0.6) is 5.75 Å². The summed E-state index contributed by atoms with van der Waals surface area (Å²) < 4.78 is 5.60. The fourth-order valence-corrected chi connectivity index (χ4v) is 3.09. The van der Waals surface area contributed by atoms with Crippen molar-refractivity contribution in [1.29, 1.82) is 0 Å². The number of hydrogen-bond donors (Lipinski definition) is 1. The molecule has 1 aliphatic carbocycles. The van der Waals surface area contributed by atoms with Crippen molar-refractivity contribution in [2.75, 3.05) is 13.2 Å². The van der Waals surface area contributed by atoms with Gasteiger partial charge in [0, 0.05) is 0 Å². The Morgan fingerprint density at radius 3 is 2.52 bits per heavy atom. The fourth-order valence-electron chi connectivity index (χ4n) is 3.09. The van der Waals surface area contributed by atoms with Crippen molar-refractivity contribution < 1.29 is 14.3 Å². The maximum absolute atomic E-state index is 12.4. The van der Waals surface area contributed by atoms with Gasteiger partial charge in [-0.25, -0.2) is 4.79 Å². The van der Waals surface area contributed by atoms with Crippen LogP contribution >= 0.6 is 0 Å². The van der Waals surface area contributed by atoms with Crippen LogP contribution in [-0.4, -0.2) is 35.5 Å². The zero-order valence-corrected chi connectivity index (χ0v) is 12.2. The number of ether oxygens (including phenoxy) is 1. The van der Waals surface area contributed by atoms with E-state index in [2.05, 4.69) is 5.32 Å². The predicted molar refractivity (Wildman–Crippen MR) is 78.1 cm³/mol. The maximum Gasteiger partial charge on any atom is 0.325 e. The van der Waals surface area contributed by atoms with Crippen molar-refractivity contribution in [1.82, 2.24) is 10.2 Å². The lowest BCUT2D eigenvalue weighted by Crippen LogP contribution is -2.44. The Bertz CT molecular complexity index is 547. The number of carbonyl (C=O) groups is 2. The molecule has 2 fully saturated rings. The Balaban J connectivity index is 1.56. The van der Waals surface area contributed by atoms with E-state index in [-0.39, 0.29) is 11.9 Å². The molecule has 0 unspecified atom stereocenters. The highest BCUT2D eigenvalue weighted by Crippen LogP contribution is 2.34. The highest BCUT2D eigenvalue weighted by atomic mass is 16.5. The Morgan fingerprint density at radius 1 is 1.19 bits per heavy atom. The van der Waals surface area contributed by atoms with E-state index in [4.69, 9.17) is 4.74 Å². The first-order chi connectivity index (χ1) is 10.1. The second kappa shape index (κ2) is 5.39. The number of nitrogens with zero attached hydrogens (tertiary/aromatic N) is 1. The van der Waals surface area contributed by atoms with E-state index in [1.165, 1.54) is 10.5 Å². The number of urea groups is 1. The van der Waals surface area contributed by atoms with Crippen molar-refractivity contribution in [2.45, 2.75) is 38.1 Å². The van der Waals surface area contributed by atoms with Crippen LogP contribution in [0.25, 0.3) is 0 Å². The van der Waals surface area contributed by atoms with Gasteiger partial charge in [0.1, 0.15) is 17.9 Å². The monoisotopic (exact) mass is 288 g/mol. The number of rotatable bonds is 4. The Labute approximate surface area is 124 Å². The lowest BCUT2D eigenvalue weighted by Gasteiger charge is -2.20. The van der Waals surface area contributed by atoms with Gasteiger partial charge in [-0.2, -0.15) is 0 Å². The third-order valence-electron chi connectivity index (χ3n) is 4.31. The zero-order chi connectivity index (χ0) is 14.9. The molecule has 112 valence electrons. The summed E-state index contributed by atoms with van der Waals surface area (Å²) in [7, 11) is 0. The van der Waals surface area contributed by atoms with Gasteiger partial charge in [-0.1, -0.05) is 30.5 Å². The quantitative estimate of drug-likeness (QED) is 0.864. The molecule has 1 saturated carbocycles. The molecule has 5 nitrogen and oxygen atoms in total. The Morgan fingerprint density at radius 2 is 1.86 bits per heavy atom. The molecule has 1 aromatic rings. The molecule has 3 amide bonds. The summed E-state index contributed by atoms with van der Waals surface area (Å²) in [5.74, 6) is 0.667. The molecule has 21 heavy (non-hydrogen) atoms. The van der Waals surface area contributed by atoms with Crippen molar-refractivity contribution in [2.24, 2.45) is 0 Å². The lowest BCUT2D eigenvalue weighted by atomic mass is 9.98. The number of hydrogen-bond acceptors (Lipinski definition) is 3. The first-order valence-electron chi connectivity index (χ1n) is 7.44. The smallest absolute Gasteiger partial charge is 0.325 e. The van der Waals surface area contributed by atoms with Crippen LogP contribution in [-0.2, 0) is 4.79 Å². The molecule has 5 heteroatoms. The second-order valence-corrected chi connectivity index (χ2v) is 5.84. The topological polar surface area (TPSA) is 58.6 Å². The van der Waals surface area contributed by atoms with Crippen molar-refractivity contribution >= 4 is 11.9 Å². The van der Waals surface area contributed by atoms with Gasteiger partial charge in [-0.3, -0.25) is 9.69 Å². The van der Waals surface area contributed by atoms with E-state index in [1.54, 1.807) is 0 Å².